The Balaban J connectivity index is 2.37. The summed E-state index contributed by atoms with van der Waals surface area (Å²) in [4.78, 5) is 13.2. The van der Waals surface area contributed by atoms with Gasteiger partial charge in [-0.15, -0.1) is 6.58 Å². The minimum absolute atomic E-state index is 0.324. The first kappa shape index (κ1) is 12.3. The summed E-state index contributed by atoms with van der Waals surface area (Å²) in [7, 11) is 1.73. The number of ether oxygens (including phenoxy) is 1. The molecule has 3 nitrogen and oxygen atoms in total. The number of carbonyl (C=O) groups is 1. The van der Waals surface area contributed by atoms with Crippen molar-refractivity contribution in [3.8, 4) is 5.75 Å². The van der Waals surface area contributed by atoms with Gasteiger partial charge in [0.15, 0.2) is 0 Å². The van der Waals surface area contributed by atoms with Gasteiger partial charge in [-0.25, -0.2) is 4.79 Å². The topological polar surface area (TPSA) is 29.5 Å². The van der Waals surface area contributed by atoms with E-state index in [4.69, 9.17) is 4.74 Å². The number of rotatable bonds is 5. The molecule has 0 atom stereocenters. The molecule has 0 aliphatic carbocycles. The Kier molecular flexibility index (Phi) is 5.12. The average Bonchev–Trinajstić information content (AvgIpc) is 2.30. The van der Waals surface area contributed by atoms with Crippen LogP contribution < -0.4 is 4.74 Å². The maximum atomic E-state index is 11.6. The van der Waals surface area contributed by atoms with Crippen molar-refractivity contribution in [1.82, 2.24) is 4.90 Å². The molecule has 0 aliphatic rings. The molecular formula is C13H17NO2. The third-order valence-corrected chi connectivity index (χ3v) is 2.16. The molecule has 3 heteroatoms. The SMILES string of the molecule is C=CCCCN(C)C(=O)Oc1ccccc1. The van der Waals surface area contributed by atoms with Gasteiger partial charge in [0.05, 0.1) is 0 Å². The summed E-state index contributed by atoms with van der Waals surface area (Å²) in [6.07, 6.45) is 3.33. The van der Waals surface area contributed by atoms with Crippen LogP contribution in [0.2, 0.25) is 0 Å². The van der Waals surface area contributed by atoms with Crippen molar-refractivity contribution in [3.05, 3.63) is 43.0 Å². The zero-order valence-electron chi connectivity index (χ0n) is 9.56. The van der Waals surface area contributed by atoms with Gasteiger partial charge in [0.1, 0.15) is 5.75 Å². The Hall–Kier alpha value is -1.77. The Bertz CT molecular complexity index is 335. The Morgan fingerprint density at radius 3 is 2.75 bits per heavy atom. The van der Waals surface area contributed by atoms with Gasteiger partial charge in [-0.3, -0.25) is 0 Å². The first-order valence-electron chi connectivity index (χ1n) is 5.33. The average molecular weight is 219 g/mol. The van der Waals surface area contributed by atoms with Crippen LogP contribution in [0.25, 0.3) is 0 Å². The van der Waals surface area contributed by atoms with Crippen molar-refractivity contribution in [2.45, 2.75) is 12.8 Å². The molecule has 0 spiro atoms. The van der Waals surface area contributed by atoms with Gasteiger partial charge in [-0.1, -0.05) is 24.3 Å². The molecule has 1 amide bonds. The van der Waals surface area contributed by atoms with Gasteiger partial charge in [-0.2, -0.15) is 0 Å². The Labute approximate surface area is 96.3 Å². The normalized spacial score (nSPS) is 9.56. The fourth-order valence-corrected chi connectivity index (χ4v) is 1.23. The van der Waals surface area contributed by atoms with Crippen molar-refractivity contribution < 1.29 is 9.53 Å². The molecule has 0 fully saturated rings. The quantitative estimate of drug-likeness (QED) is 0.562. The number of para-hydroxylation sites is 1. The molecular weight excluding hydrogens is 202 g/mol. The lowest BCUT2D eigenvalue weighted by Gasteiger charge is -2.16. The van der Waals surface area contributed by atoms with Gasteiger partial charge >= 0.3 is 6.09 Å². The Morgan fingerprint density at radius 1 is 1.44 bits per heavy atom. The van der Waals surface area contributed by atoms with E-state index in [1.807, 2.05) is 24.3 Å². The molecule has 0 radical (unpaired) electrons. The highest BCUT2D eigenvalue weighted by Crippen LogP contribution is 2.09. The lowest BCUT2D eigenvalue weighted by molar-refractivity contribution is 0.162. The zero-order chi connectivity index (χ0) is 11.8. The predicted octanol–water partition coefficient (Wildman–Crippen LogP) is 3.08. The smallest absolute Gasteiger partial charge is 0.410 e. The minimum Gasteiger partial charge on any atom is -0.410 e. The highest BCUT2D eigenvalue weighted by Gasteiger charge is 2.09. The largest absolute Gasteiger partial charge is 0.414 e. The number of nitrogens with zero attached hydrogens (tertiary/aromatic N) is 1. The van der Waals surface area contributed by atoms with E-state index >= 15 is 0 Å². The molecule has 86 valence electrons. The van der Waals surface area contributed by atoms with Crippen molar-refractivity contribution in [2.75, 3.05) is 13.6 Å². The summed E-state index contributed by atoms with van der Waals surface area (Å²) in [5.74, 6) is 0.572. The molecule has 0 N–H and O–H groups in total. The molecule has 1 aromatic carbocycles. The van der Waals surface area contributed by atoms with E-state index in [9.17, 15) is 4.79 Å². The van der Waals surface area contributed by atoms with Crippen LogP contribution in [-0.2, 0) is 0 Å². The highest BCUT2D eigenvalue weighted by molar-refractivity contribution is 5.70. The third kappa shape index (κ3) is 4.17. The van der Waals surface area contributed by atoms with Gasteiger partial charge < -0.3 is 9.64 Å². The predicted molar refractivity (Wildman–Crippen MR) is 64.5 cm³/mol. The third-order valence-electron chi connectivity index (χ3n) is 2.16. The number of benzene rings is 1. The Morgan fingerprint density at radius 2 is 2.12 bits per heavy atom. The lowest BCUT2D eigenvalue weighted by atomic mass is 10.3. The lowest BCUT2D eigenvalue weighted by Crippen LogP contribution is -2.30. The summed E-state index contributed by atoms with van der Waals surface area (Å²) < 4.78 is 5.17. The first-order chi connectivity index (χ1) is 7.74. The minimum atomic E-state index is -0.324. The van der Waals surface area contributed by atoms with Crippen molar-refractivity contribution in [3.63, 3.8) is 0 Å². The highest BCUT2D eigenvalue weighted by atomic mass is 16.6. The number of hydrogen-bond donors (Lipinski definition) is 0. The van der Waals surface area contributed by atoms with E-state index in [1.165, 1.54) is 0 Å². The number of allylic oxidation sites excluding steroid dienone is 1. The molecule has 0 saturated carbocycles. The maximum absolute atomic E-state index is 11.6. The van der Waals surface area contributed by atoms with E-state index in [-0.39, 0.29) is 6.09 Å². The molecule has 1 aromatic rings. The first-order valence-corrected chi connectivity index (χ1v) is 5.33. The number of hydrogen-bond acceptors (Lipinski definition) is 2. The molecule has 16 heavy (non-hydrogen) atoms. The number of carbonyl (C=O) groups excluding carboxylic acids is 1. The fourth-order valence-electron chi connectivity index (χ4n) is 1.23. The van der Waals surface area contributed by atoms with Crippen LogP contribution in [0, 0.1) is 0 Å². The second kappa shape index (κ2) is 6.67. The standard InChI is InChI=1S/C13H17NO2/c1-3-4-8-11-14(2)13(15)16-12-9-6-5-7-10-12/h3,5-7,9-10H,1,4,8,11H2,2H3. The molecule has 0 aliphatic heterocycles. The van der Waals surface area contributed by atoms with E-state index in [1.54, 1.807) is 24.1 Å². The molecule has 0 heterocycles. The van der Waals surface area contributed by atoms with E-state index in [0.29, 0.717) is 12.3 Å². The van der Waals surface area contributed by atoms with Crippen LogP contribution in [0.1, 0.15) is 12.8 Å². The molecule has 0 unspecified atom stereocenters. The van der Waals surface area contributed by atoms with Crippen molar-refractivity contribution >= 4 is 6.09 Å². The maximum Gasteiger partial charge on any atom is 0.414 e. The van der Waals surface area contributed by atoms with Crippen LogP contribution in [0.5, 0.6) is 5.75 Å². The van der Waals surface area contributed by atoms with E-state index < -0.39 is 0 Å². The van der Waals surface area contributed by atoms with Crippen molar-refractivity contribution in [2.24, 2.45) is 0 Å². The van der Waals surface area contributed by atoms with Crippen LogP contribution in [0.4, 0.5) is 4.79 Å². The van der Waals surface area contributed by atoms with Gasteiger partial charge in [0, 0.05) is 13.6 Å². The molecule has 0 aromatic heterocycles. The summed E-state index contributed by atoms with van der Waals surface area (Å²) in [6, 6.07) is 9.07. The van der Waals surface area contributed by atoms with Gasteiger partial charge in [-0.05, 0) is 25.0 Å². The second-order valence-electron chi connectivity index (χ2n) is 3.53. The van der Waals surface area contributed by atoms with Crippen LogP contribution in [0.3, 0.4) is 0 Å². The summed E-state index contributed by atoms with van der Waals surface area (Å²) in [6.45, 7) is 4.31. The number of amides is 1. The fraction of sp³-hybridized carbons (Fsp3) is 0.308. The van der Waals surface area contributed by atoms with E-state index in [2.05, 4.69) is 6.58 Å². The van der Waals surface area contributed by atoms with Gasteiger partial charge in [0.2, 0.25) is 0 Å². The molecule has 0 bridgehead atoms. The number of unbranched alkanes of at least 4 members (excludes halogenated alkanes) is 1. The van der Waals surface area contributed by atoms with Gasteiger partial charge in [0.25, 0.3) is 0 Å². The van der Waals surface area contributed by atoms with Crippen LogP contribution in [-0.4, -0.2) is 24.6 Å². The molecule has 1 rings (SSSR count). The summed E-state index contributed by atoms with van der Waals surface area (Å²) in [5, 5.41) is 0. The monoisotopic (exact) mass is 219 g/mol. The summed E-state index contributed by atoms with van der Waals surface area (Å²) >= 11 is 0. The summed E-state index contributed by atoms with van der Waals surface area (Å²) in [5.41, 5.74) is 0. The zero-order valence-corrected chi connectivity index (χ0v) is 9.56. The van der Waals surface area contributed by atoms with E-state index in [0.717, 1.165) is 12.8 Å². The van der Waals surface area contributed by atoms with Crippen LogP contribution >= 0.6 is 0 Å². The molecule has 0 saturated heterocycles. The van der Waals surface area contributed by atoms with Crippen LogP contribution in [0.15, 0.2) is 43.0 Å². The second-order valence-corrected chi connectivity index (χ2v) is 3.53. The van der Waals surface area contributed by atoms with Crippen molar-refractivity contribution in [1.29, 1.82) is 0 Å².